The molecule has 5 nitrogen and oxygen atoms in total. The second-order valence-electron chi connectivity index (χ2n) is 15.8. The largest absolute Gasteiger partial charge is 0.384 e. The molecule has 4 atom stereocenters. The average Bonchev–Trinajstić information content (AvgIpc) is 3.59. The lowest BCUT2D eigenvalue weighted by atomic mass is 9.72. The van der Waals surface area contributed by atoms with Crippen molar-refractivity contribution in [2.75, 3.05) is 13.7 Å². The van der Waals surface area contributed by atoms with Crippen LogP contribution in [0.3, 0.4) is 0 Å². The maximum absolute atomic E-state index is 8.18. The molecule has 0 aliphatic carbocycles. The van der Waals surface area contributed by atoms with Crippen LogP contribution in [-0.4, -0.2) is 37.4 Å². The van der Waals surface area contributed by atoms with E-state index in [0.29, 0.717) is 6.61 Å². The van der Waals surface area contributed by atoms with E-state index in [4.69, 9.17) is 23.3 Å². The first-order valence-electron chi connectivity index (χ1n) is 20.6. The van der Waals surface area contributed by atoms with Crippen molar-refractivity contribution < 1.29 is 23.3 Å². The summed E-state index contributed by atoms with van der Waals surface area (Å²) in [5, 5.41) is 2.53. The Bertz CT molecular complexity index is 2180. The third-order valence-corrected chi connectivity index (χ3v) is 16.7. The fourth-order valence-electron chi connectivity index (χ4n) is 9.12. The summed E-state index contributed by atoms with van der Waals surface area (Å²) in [4.78, 5) is 0. The van der Waals surface area contributed by atoms with Crippen molar-refractivity contribution in [3.8, 4) is 0 Å². The van der Waals surface area contributed by atoms with Crippen molar-refractivity contribution >= 4 is 26.9 Å². The Balaban J connectivity index is 1.38. The molecule has 0 spiro atoms. The van der Waals surface area contributed by atoms with E-state index in [-0.39, 0.29) is 11.3 Å². The van der Waals surface area contributed by atoms with Crippen molar-refractivity contribution in [3.63, 3.8) is 0 Å². The summed E-state index contributed by atoms with van der Waals surface area (Å²) < 4.78 is 37.4. The highest BCUT2D eigenvalue weighted by Gasteiger charge is 2.67. The fraction of sp³-hybridized carbons (Fsp3) is 0.208. The minimum atomic E-state index is -1.94. The quantitative estimate of drug-likeness (QED) is 0.115. The van der Waals surface area contributed by atoms with Crippen LogP contribution in [0.25, 0.3) is 0 Å². The summed E-state index contributed by atoms with van der Waals surface area (Å²) in [5.41, 5.74) is 2.25. The molecule has 0 saturated carbocycles. The Labute approximate surface area is 357 Å². The van der Waals surface area contributed by atoms with Crippen LogP contribution < -0.4 is 10.6 Å². The number of ether oxygens (including phenoxy) is 3. The lowest BCUT2D eigenvalue weighted by molar-refractivity contribution is -0.174. The van der Waals surface area contributed by atoms with Crippen molar-refractivity contribution in [2.24, 2.45) is 0 Å². The minimum Gasteiger partial charge on any atom is -0.384 e. The zero-order chi connectivity index (χ0) is 41.0. The number of fused-ring (bicyclic) bond motifs is 1. The molecule has 9 rings (SSSR count). The summed E-state index contributed by atoms with van der Waals surface area (Å²) >= 11 is 0. The van der Waals surface area contributed by atoms with Gasteiger partial charge in [0.05, 0.1) is 12.3 Å². The van der Waals surface area contributed by atoms with Crippen molar-refractivity contribution in [1.82, 2.24) is 0 Å². The molecule has 2 aliphatic rings. The third-order valence-electron chi connectivity index (χ3n) is 11.6. The number of rotatable bonds is 12. The molecular formula is C53H50O5P2. The first-order valence-corrected chi connectivity index (χ1v) is 23.3. The molecule has 2 aliphatic heterocycles. The van der Waals surface area contributed by atoms with E-state index >= 15 is 0 Å². The lowest BCUT2D eigenvalue weighted by Gasteiger charge is -2.44. The standard InChI is InChI=1S/C53H50O5P2/c1-51(2)55-49-50(56-51)53(43-31-17-7-18-32-43,44-33-19-8-20-34-44)58-60(57-52(49,41-27-13-5-14-28-41)42-29-15-6-16-30-42)47(39-54-3)48(40-25-11-4-12-26-40)59(45-35-21-9-22-36-45)46-37-23-10-24-38-46/h4-38,47-50H,39H2,1-3H3/t47-,48+,49-,50-/m0/s1. The predicted octanol–water partition coefficient (Wildman–Crippen LogP) is 11.6. The maximum atomic E-state index is 8.18. The predicted molar refractivity (Wildman–Crippen MR) is 244 cm³/mol. The zero-order valence-electron chi connectivity index (χ0n) is 34.2. The van der Waals surface area contributed by atoms with Gasteiger partial charge in [-0.3, -0.25) is 0 Å². The summed E-state index contributed by atoms with van der Waals surface area (Å²) in [7, 11) is -1.21. The van der Waals surface area contributed by atoms with E-state index in [2.05, 4.69) is 212 Å². The number of methoxy groups -OCH3 is 1. The van der Waals surface area contributed by atoms with Crippen LogP contribution in [0.2, 0.25) is 0 Å². The number of hydrogen-bond donors (Lipinski definition) is 0. The van der Waals surface area contributed by atoms with Crippen LogP contribution in [0.1, 0.15) is 47.3 Å². The zero-order valence-corrected chi connectivity index (χ0v) is 35.9. The lowest BCUT2D eigenvalue weighted by Crippen LogP contribution is -2.53. The maximum Gasteiger partial charge on any atom is 0.179 e. The molecule has 7 aromatic rings. The van der Waals surface area contributed by atoms with Gasteiger partial charge in [0.25, 0.3) is 0 Å². The molecule has 2 saturated heterocycles. The van der Waals surface area contributed by atoms with E-state index in [0.717, 1.165) is 22.3 Å². The van der Waals surface area contributed by atoms with Crippen molar-refractivity contribution in [2.45, 2.75) is 54.4 Å². The number of hydrogen-bond acceptors (Lipinski definition) is 5. The third kappa shape index (κ3) is 7.59. The second kappa shape index (κ2) is 17.7. The van der Waals surface area contributed by atoms with Gasteiger partial charge in [-0.15, -0.1) is 0 Å². The molecule has 7 aromatic carbocycles. The first-order chi connectivity index (χ1) is 29.4. The van der Waals surface area contributed by atoms with E-state index in [1.54, 1.807) is 7.11 Å². The molecule has 0 N–H and O–H groups in total. The monoisotopic (exact) mass is 828 g/mol. The Morgan fingerprint density at radius 1 is 0.483 bits per heavy atom. The smallest absolute Gasteiger partial charge is 0.179 e. The Kier molecular flexibility index (Phi) is 11.9. The molecule has 0 radical (unpaired) electrons. The summed E-state index contributed by atoms with van der Waals surface area (Å²) in [6.07, 6.45) is -1.35. The van der Waals surface area contributed by atoms with Crippen molar-refractivity contribution in [1.29, 1.82) is 0 Å². The van der Waals surface area contributed by atoms with Crippen LogP contribution >= 0.6 is 16.3 Å². The van der Waals surface area contributed by atoms with Gasteiger partial charge in [-0.05, 0) is 60.2 Å². The molecule has 0 unspecified atom stereocenters. The molecule has 302 valence electrons. The SMILES string of the molecule is COC[C@@H]([C@@H](c1ccccc1)P(c1ccccc1)c1ccccc1)P1OC(c2ccccc2)(c2ccccc2)[C@H]2OC(C)(C)O[C@@H]2C(c2ccccc2)(c2ccccc2)O1. The second-order valence-corrected chi connectivity index (χ2v) is 19.7. The summed E-state index contributed by atoms with van der Waals surface area (Å²) in [6, 6.07) is 74.9. The van der Waals surface area contributed by atoms with Gasteiger partial charge in [0.15, 0.2) is 25.4 Å². The fourth-order valence-corrected chi connectivity index (χ4v) is 14.9. The van der Waals surface area contributed by atoms with Crippen molar-refractivity contribution in [3.05, 3.63) is 240 Å². The van der Waals surface area contributed by atoms with Crippen LogP contribution in [-0.2, 0) is 34.5 Å². The average molecular weight is 829 g/mol. The van der Waals surface area contributed by atoms with Gasteiger partial charge in [0, 0.05) is 12.8 Å². The number of benzene rings is 7. The molecule has 0 bridgehead atoms. The first kappa shape index (κ1) is 40.6. The molecule has 0 aromatic heterocycles. The normalized spacial score (nSPS) is 20.5. The Hall–Kier alpha value is -4.80. The van der Waals surface area contributed by atoms with Gasteiger partial charge in [0.2, 0.25) is 0 Å². The topological polar surface area (TPSA) is 46.2 Å². The Morgan fingerprint density at radius 2 is 0.800 bits per heavy atom. The highest BCUT2D eigenvalue weighted by atomic mass is 31.2. The molecular weight excluding hydrogens is 779 g/mol. The molecule has 2 heterocycles. The summed E-state index contributed by atoms with van der Waals surface area (Å²) in [5.74, 6) is -0.987. The van der Waals surface area contributed by atoms with Gasteiger partial charge < -0.3 is 23.3 Å². The van der Waals surface area contributed by atoms with E-state index < -0.39 is 45.5 Å². The molecule has 60 heavy (non-hydrogen) atoms. The van der Waals surface area contributed by atoms with Gasteiger partial charge in [0.1, 0.15) is 12.2 Å². The highest BCUT2D eigenvalue weighted by molar-refractivity contribution is 7.74. The summed E-state index contributed by atoms with van der Waals surface area (Å²) in [6.45, 7) is 4.36. The van der Waals surface area contributed by atoms with Gasteiger partial charge in [-0.1, -0.05) is 212 Å². The van der Waals surface area contributed by atoms with Crippen LogP contribution in [0.15, 0.2) is 212 Å². The van der Waals surface area contributed by atoms with Crippen LogP contribution in [0.5, 0.6) is 0 Å². The molecule has 0 amide bonds. The highest BCUT2D eigenvalue weighted by Crippen LogP contribution is 2.70. The minimum absolute atomic E-state index is 0.109. The van der Waals surface area contributed by atoms with E-state index in [1.807, 2.05) is 13.8 Å². The van der Waals surface area contributed by atoms with Gasteiger partial charge in [-0.25, -0.2) is 0 Å². The van der Waals surface area contributed by atoms with Crippen LogP contribution in [0.4, 0.5) is 0 Å². The van der Waals surface area contributed by atoms with E-state index in [9.17, 15) is 0 Å². The van der Waals surface area contributed by atoms with E-state index in [1.165, 1.54) is 16.2 Å². The van der Waals surface area contributed by atoms with Gasteiger partial charge >= 0.3 is 0 Å². The van der Waals surface area contributed by atoms with Crippen LogP contribution in [0, 0.1) is 0 Å². The molecule has 2 fully saturated rings. The Morgan fingerprint density at radius 3 is 1.13 bits per heavy atom. The van der Waals surface area contributed by atoms with Gasteiger partial charge in [-0.2, -0.15) is 0 Å². The molecule has 7 heteroatoms.